The van der Waals surface area contributed by atoms with Crippen LogP contribution < -0.4 is 10.5 Å². The molecule has 1 aliphatic carbocycles. The summed E-state index contributed by atoms with van der Waals surface area (Å²) in [5.41, 5.74) is 7.34. The van der Waals surface area contributed by atoms with Crippen molar-refractivity contribution in [1.29, 1.82) is 0 Å². The molecule has 2 heterocycles. The minimum Gasteiger partial charge on any atom is -0.497 e. The van der Waals surface area contributed by atoms with E-state index in [1.54, 1.807) is 11.8 Å². The molecule has 0 aliphatic heterocycles. The number of nitrogens with zero attached hydrogens (tertiary/aromatic N) is 4. The molecule has 2 aromatic heterocycles. The molecular weight excluding hydrogens is 294 g/mol. The number of benzene rings is 1. The van der Waals surface area contributed by atoms with Crippen LogP contribution in [0.25, 0.3) is 17.3 Å². The molecule has 1 aromatic carbocycles. The van der Waals surface area contributed by atoms with E-state index in [-0.39, 0.29) is 0 Å². The average Bonchev–Trinajstić information content (AvgIpc) is 3.22. The van der Waals surface area contributed by atoms with Crippen LogP contribution in [0.3, 0.4) is 0 Å². The molecule has 0 spiro atoms. The van der Waals surface area contributed by atoms with Crippen molar-refractivity contribution in [2.24, 2.45) is 5.73 Å². The topological polar surface area (TPSA) is 92.0 Å². The highest BCUT2D eigenvalue weighted by molar-refractivity contribution is 5.47. The Hall–Kier alpha value is -2.67. The standard InChI is InChI=1S/C16H17N5O2/c1-22-12-5-3-11(4-6-12)21-10-7-13(19-21)14-18-15(20-23-14)16(17)8-2-9-16/h3-7,10H,2,8-9,17H2,1H3. The Balaban J connectivity index is 1.60. The average molecular weight is 311 g/mol. The maximum absolute atomic E-state index is 6.22. The van der Waals surface area contributed by atoms with Gasteiger partial charge in [0, 0.05) is 6.20 Å². The van der Waals surface area contributed by atoms with Gasteiger partial charge in [0.05, 0.1) is 18.3 Å². The van der Waals surface area contributed by atoms with Gasteiger partial charge < -0.3 is 15.0 Å². The molecule has 0 saturated heterocycles. The zero-order valence-electron chi connectivity index (χ0n) is 12.8. The first kappa shape index (κ1) is 14.0. The number of methoxy groups -OCH3 is 1. The van der Waals surface area contributed by atoms with E-state index in [1.807, 2.05) is 36.5 Å². The minimum absolute atomic E-state index is 0.393. The van der Waals surface area contributed by atoms with Gasteiger partial charge in [0.1, 0.15) is 5.75 Å². The van der Waals surface area contributed by atoms with E-state index in [1.165, 1.54) is 0 Å². The van der Waals surface area contributed by atoms with Crippen molar-refractivity contribution < 1.29 is 9.26 Å². The first-order valence-corrected chi connectivity index (χ1v) is 7.51. The SMILES string of the molecule is COc1ccc(-n2ccc(-c3nc(C4(N)CCC4)no3)n2)cc1. The Morgan fingerprint density at radius 3 is 2.65 bits per heavy atom. The van der Waals surface area contributed by atoms with Gasteiger partial charge in [-0.05, 0) is 49.6 Å². The molecule has 2 N–H and O–H groups in total. The van der Waals surface area contributed by atoms with Gasteiger partial charge in [0.15, 0.2) is 11.5 Å². The van der Waals surface area contributed by atoms with E-state index in [2.05, 4.69) is 15.2 Å². The van der Waals surface area contributed by atoms with E-state index < -0.39 is 5.54 Å². The summed E-state index contributed by atoms with van der Waals surface area (Å²) < 4.78 is 12.2. The fraction of sp³-hybridized carbons (Fsp3) is 0.312. The molecule has 4 rings (SSSR count). The van der Waals surface area contributed by atoms with Gasteiger partial charge in [-0.15, -0.1) is 0 Å². The second-order valence-electron chi connectivity index (χ2n) is 5.78. The quantitative estimate of drug-likeness (QED) is 0.794. The van der Waals surface area contributed by atoms with Crippen LogP contribution in [0.5, 0.6) is 5.75 Å². The summed E-state index contributed by atoms with van der Waals surface area (Å²) in [6, 6.07) is 9.47. The van der Waals surface area contributed by atoms with Crippen LogP contribution in [0.15, 0.2) is 41.1 Å². The monoisotopic (exact) mass is 311 g/mol. The van der Waals surface area contributed by atoms with Crippen LogP contribution in [-0.2, 0) is 5.54 Å². The lowest BCUT2D eigenvalue weighted by atomic mass is 9.77. The Morgan fingerprint density at radius 1 is 1.22 bits per heavy atom. The highest BCUT2D eigenvalue weighted by atomic mass is 16.5. The number of ether oxygens (including phenoxy) is 1. The van der Waals surface area contributed by atoms with E-state index in [9.17, 15) is 0 Å². The predicted octanol–water partition coefficient (Wildman–Crippen LogP) is 2.27. The van der Waals surface area contributed by atoms with Gasteiger partial charge in [0.25, 0.3) is 5.89 Å². The van der Waals surface area contributed by atoms with Crippen LogP contribution in [-0.4, -0.2) is 27.0 Å². The van der Waals surface area contributed by atoms with E-state index in [0.717, 1.165) is 30.7 Å². The van der Waals surface area contributed by atoms with Crippen molar-refractivity contribution >= 4 is 0 Å². The fourth-order valence-corrected chi connectivity index (χ4v) is 2.63. The summed E-state index contributed by atoms with van der Waals surface area (Å²) >= 11 is 0. The van der Waals surface area contributed by atoms with Crippen LogP contribution in [0.1, 0.15) is 25.1 Å². The van der Waals surface area contributed by atoms with Crippen LogP contribution >= 0.6 is 0 Å². The van der Waals surface area contributed by atoms with E-state index >= 15 is 0 Å². The van der Waals surface area contributed by atoms with E-state index in [4.69, 9.17) is 15.0 Å². The Kier molecular flexibility index (Phi) is 3.16. The van der Waals surface area contributed by atoms with Crippen LogP contribution in [0.2, 0.25) is 0 Å². The van der Waals surface area contributed by atoms with Gasteiger partial charge >= 0.3 is 0 Å². The van der Waals surface area contributed by atoms with Crippen LogP contribution in [0, 0.1) is 0 Å². The number of rotatable bonds is 4. The zero-order valence-corrected chi connectivity index (χ0v) is 12.8. The Bertz CT molecular complexity index is 817. The molecule has 7 nitrogen and oxygen atoms in total. The third-order valence-electron chi connectivity index (χ3n) is 4.26. The normalized spacial score (nSPS) is 16.1. The molecular formula is C16H17N5O2. The summed E-state index contributed by atoms with van der Waals surface area (Å²) in [7, 11) is 1.64. The highest BCUT2D eigenvalue weighted by Gasteiger charge is 2.39. The molecule has 0 unspecified atom stereocenters. The number of nitrogens with two attached hydrogens (primary N) is 1. The summed E-state index contributed by atoms with van der Waals surface area (Å²) in [4.78, 5) is 4.41. The first-order valence-electron chi connectivity index (χ1n) is 7.51. The minimum atomic E-state index is -0.430. The Labute approximate surface area is 133 Å². The van der Waals surface area contributed by atoms with E-state index in [0.29, 0.717) is 17.4 Å². The second kappa shape index (κ2) is 5.20. The molecule has 0 bridgehead atoms. The molecule has 0 atom stereocenters. The van der Waals surface area contributed by atoms with Crippen LogP contribution in [0.4, 0.5) is 0 Å². The number of aromatic nitrogens is 4. The second-order valence-corrected chi connectivity index (χ2v) is 5.78. The van der Waals surface area contributed by atoms with Crippen molar-refractivity contribution in [3.05, 3.63) is 42.4 Å². The van der Waals surface area contributed by atoms with Gasteiger partial charge in [0.2, 0.25) is 0 Å². The molecule has 1 fully saturated rings. The van der Waals surface area contributed by atoms with Crippen molar-refractivity contribution in [2.75, 3.05) is 7.11 Å². The predicted molar refractivity (Wildman–Crippen MR) is 83.1 cm³/mol. The summed E-state index contributed by atoms with van der Waals surface area (Å²) in [5.74, 6) is 1.76. The van der Waals surface area contributed by atoms with Crippen molar-refractivity contribution in [3.63, 3.8) is 0 Å². The van der Waals surface area contributed by atoms with Gasteiger partial charge in [-0.1, -0.05) is 5.16 Å². The molecule has 0 amide bonds. The van der Waals surface area contributed by atoms with Crippen molar-refractivity contribution in [2.45, 2.75) is 24.8 Å². The molecule has 118 valence electrons. The lowest BCUT2D eigenvalue weighted by Crippen LogP contribution is -2.44. The van der Waals surface area contributed by atoms with Crippen molar-refractivity contribution in [3.8, 4) is 23.0 Å². The summed E-state index contributed by atoms with van der Waals surface area (Å²) in [6.45, 7) is 0. The lowest BCUT2D eigenvalue weighted by Gasteiger charge is -2.34. The van der Waals surface area contributed by atoms with Crippen molar-refractivity contribution in [1.82, 2.24) is 19.9 Å². The number of hydrogen-bond donors (Lipinski definition) is 1. The summed E-state index contributed by atoms with van der Waals surface area (Å²) in [5, 5.41) is 8.50. The van der Waals surface area contributed by atoms with Gasteiger partial charge in [-0.2, -0.15) is 10.1 Å². The molecule has 3 aromatic rings. The fourth-order valence-electron chi connectivity index (χ4n) is 2.63. The third-order valence-corrected chi connectivity index (χ3v) is 4.26. The molecule has 1 aliphatic rings. The molecule has 0 radical (unpaired) electrons. The lowest BCUT2D eigenvalue weighted by molar-refractivity contribution is 0.229. The van der Waals surface area contributed by atoms with Gasteiger partial charge in [-0.3, -0.25) is 0 Å². The maximum Gasteiger partial charge on any atom is 0.278 e. The molecule has 23 heavy (non-hydrogen) atoms. The largest absolute Gasteiger partial charge is 0.497 e. The van der Waals surface area contributed by atoms with Gasteiger partial charge in [-0.25, -0.2) is 4.68 Å². The number of hydrogen-bond acceptors (Lipinski definition) is 6. The zero-order chi connectivity index (χ0) is 15.9. The molecule has 7 heteroatoms. The third kappa shape index (κ3) is 2.39. The Morgan fingerprint density at radius 2 is 2.00 bits per heavy atom. The molecule has 1 saturated carbocycles. The maximum atomic E-state index is 6.22. The summed E-state index contributed by atoms with van der Waals surface area (Å²) in [6.07, 6.45) is 4.74. The smallest absolute Gasteiger partial charge is 0.278 e. The highest BCUT2D eigenvalue weighted by Crippen LogP contribution is 2.37. The first-order chi connectivity index (χ1) is 11.2.